The van der Waals surface area contributed by atoms with Crippen molar-refractivity contribution in [2.45, 2.75) is 26.4 Å². The van der Waals surface area contributed by atoms with Gasteiger partial charge in [-0.25, -0.2) is 0 Å². The summed E-state index contributed by atoms with van der Waals surface area (Å²) in [6.07, 6.45) is 0. The molecule has 1 heterocycles. The number of morpholine rings is 1. The standard InChI is InChI=1S/C19H31BrN4O2.HI/c1-14(2)17(24-7-9-26-10-8-24)13-23-19(21-3)22-12-15-5-6-18(25-4)16(20)11-15;/h5-6,11,14,17H,7-10,12-13H2,1-4H3,(H2,21,22,23);1H. The van der Waals surface area contributed by atoms with Gasteiger partial charge in [0.2, 0.25) is 0 Å². The van der Waals surface area contributed by atoms with Crippen LogP contribution in [0.2, 0.25) is 0 Å². The van der Waals surface area contributed by atoms with Crippen molar-refractivity contribution < 1.29 is 9.47 Å². The maximum absolute atomic E-state index is 5.48. The van der Waals surface area contributed by atoms with Gasteiger partial charge in [-0.05, 0) is 39.5 Å². The number of benzene rings is 1. The van der Waals surface area contributed by atoms with E-state index in [4.69, 9.17) is 9.47 Å². The van der Waals surface area contributed by atoms with Crippen LogP contribution < -0.4 is 15.4 Å². The zero-order chi connectivity index (χ0) is 18.9. The molecule has 6 nitrogen and oxygen atoms in total. The number of rotatable bonds is 7. The van der Waals surface area contributed by atoms with Gasteiger partial charge in [0, 0.05) is 39.3 Å². The molecule has 1 aromatic rings. The number of methoxy groups -OCH3 is 1. The van der Waals surface area contributed by atoms with Gasteiger partial charge in [0.1, 0.15) is 5.75 Å². The van der Waals surface area contributed by atoms with Gasteiger partial charge in [-0.1, -0.05) is 19.9 Å². The molecule has 154 valence electrons. The minimum absolute atomic E-state index is 0. The van der Waals surface area contributed by atoms with Crippen LogP contribution in [0, 0.1) is 5.92 Å². The van der Waals surface area contributed by atoms with Crippen LogP contribution >= 0.6 is 39.9 Å². The van der Waals surface area contributed by atoms with E-state index in [-0.39, 0.29) is 24.0 Å². The van der Waals surface area contributed by atoms with E-state index < -0.39 is 0 Å². The van der Waals surface area contributed by atoms with Crippen LogP contribution in [0.15, 0.2) is 27.7 Å². The molecule has 1 atom stereocenters. The van der Waals surface area contributed by atoms with Gasteiger partial charge in [-0.3, -0.25) is 9.89 Å². The summed E-state index contributed by atoms with van der Waals surface area (Å²) in [6.45, 7) is 9.74. The lowest BCUT2D eigenvalue weighted by Gasteiger charge is -2.37. The summed E-state index contributed by atoms with van der Waals surface area (Å²) < 4.78 is 11.7. The van der Waals surface area contributed by atoms with E-state index in [1.807, 2.05) is 6.07 Å². The number of guanidine groups is 1. The van der Waals surface area contributed by atoms with Crippen molar-refractivity contribution in [2.24, 2.45) is 10.9 Å². The smallest absolute Gasteiger partial charge is 0.191 e. The van der Waals surface area contributed by atoms with Crippen molar-refractivity contribution in [1.82, 2.24) is 15.5 Å². The van der Waals surface area contributed by atoms with Crippen molar-refractivity contribution >= 4 is 45.9 Å². The SMILES string of the molecule is CN=C(NCc1ccc(OC)c(Br)c1)NCC(C(C)C)N1CCOCC1.I. The van der Waals surface area contributed by atoms with Gasteiger partial charge in [-0.2, -0.15) is 0 Å². The highest BCUT2D eigenvalue weighted by Gasteiger charge is 2.23. The second kappa shape index (κ2) is 12.8. The summed E-state index contributed by atoms with van der Waals surface area (Å²) in [7, 11) is 3.47. The summed E-state index contributed by atoms with van der Waals surface area (Å²) >= 11 is 3.53. The Bertz CT molecular complexity index is 595. The Kier molecular flexibility index (Phi) is 11.6. The fourth-order valence-corrected chi connectivity index (χ4v) is 3.71. The Hall–Kier alpha value is -0.580. The predicted octanol–water partition coefficient (Wildman–Crippen LogP) is 3.10. The first-order chi connectivity index (χ1) is 12.5. The zero-order valence-electron chi connectivity index (χ0n) is 16.6. The van der Waals surface area contributed by atoms with Crippen LogP contribution in [0.4, 0.5) is 0 Å². The number of hydrogen-bond donors (Lipinski definition) is 2. The molecule has 1 unspecified atom stereocenters. The third-order valence-electron chi connectivity index (χ3n) is 4.66. The lowest BCUT2D eigenvalue weighted by molar-refractivity contribution is 0.00752. The fourth-order valence-electron chi connectivity index (χ4n) is 3.12. The van der Waals surface area contributed by atoms with Crippen LogP contribution in [0.1, 0.15) is 19.4 Å². The normalized spacial score (nSPS) is 16.6. The molecule has 1 fully saturated rings. The van der Waals surface area contributed by atoms with Gasteiger partial charge >= 0.3 is 0 Å². The average molecular weight is 555 g/mol. The summed E-state index contributed by atoms with van der Waals surface area (Å²) in [5.41, 5.74) is 1.16. The minimum atomic E-state index is 0. The molecular formula is C19H32BrIN4O2. The number of ether oxygens (including phenoxy) is 2. The second-order valence-corrected chi connectivity index (χ2v) is 7.59. The molecule has 0 amide bonds. The highest BCUT2D eigenvalue weighted by Crippen LogP contribution is 2.25. The monoisotopic (exact) mass is 554 g/mol. The van der Waals surface area contributed by atoms with Crippen molar-refractivity contribution in [3.63, 3.8) is 0 Å². The molecule has 0 saturated carbocycles. The van der Waals surface area contributed by atoms with E-state index in [0.717, 1.165) is 54.6 Å². The molecule has 0 bridgehead atoms. The Morgan fingerprint density at radius 2 is 2.00 bits per heavy atom. The topological polar surface area (TPSA) is 58.1 Å². The quantitative estimate of drug-likeness (QED) is 0.308. The Labute approximate surface area is 188 Å². The Morgan fingerprint density at radius 3 is 2.56 bits per heavy atom. The van der Waals surface area contributed by atoms with E-state index in [9.17, 15) is 0 Å². The lowest BCUT2D eigenvalue weighted by Crippen LogP contribution is -2.52. The van der Waals surface area contributed by atoms with E-state index in [2.05, 4.69) is 62.4 Å². The number of aliphatic imine (C=N–C) groups is 1. The summed E-state index contributed by atoms with van der Waals surface area (Å²) in [5, 5.41) is 6.86. The minimum Gasteiger partial charge on any atom is -0.496 e. The first-order valence-corrected chi connectivity index (χ1v) is 9.93. The van der Waals surface area contributed by atoms with Crippen molar-refractivity contribution in [3.8, 4) is 5.75 Å². The van der Waals surface area contributed by atoms with Crippen LogP contribution in [-0.2, 0) is 11.3 Å². The molecular weight excluding hydrogens is 523 g/mol. The zero-order valence-corrected chi connectivity index (χ0v) is 20.5. The molecule has 1 aliphatic rings. The van der Waals surface area contributed by atoms with E-state index in [1.165, 1.54) is 0 Å². The molecule has 27 heavy (non-hydrogen) atoms. The highest BCUT2D eigenvalue weighted by molar-refractivity contribution is 14.0. The predicted molar refractivity (Wildman–Crippen MR) is 125 cm³/mol. The molecule has 0 aliphatic carbocycles. The second-order valence-electron chi connectivity index (χ2n) is 6.74. The number of nitrogens with one attached hydrogen (secondary N) is 2. The molecule has 8 heteroatoms. The lowest BCUT2D eigenvalue weighted by atomic mass is 10.0. The fraction of sp³-hybridized carbons (Fsp3) is 0.632. The Morgan fingerprint density at radius 1 is 1.30 bits per heavy atom. The first-order valence-electron chi connectivity index (χ1n) is 9.14. The number of halogens is 2. The third kappa shape index (κ3) is 7.75. The molecule has 0 spiro atoms. The highest BCUT2D eigenvalue weighted by atomic mass is 127. The maximum atomic E-state index is 5.48. The Balaban J connectivity index is 0.00000364. The first kappa shape index (κ1) is 24.5. The number of hydrogen-bond acceptors (Lipinski definition) is 4. The average Bonchev–Trinajstić information content (AvgIpc) is 2.65. The molecule has 1 aromatic carbocycles. The molecule has 0 aromatic heterocycles. The van der Waals surface area contributed by atoms with Gasteiger partial charge in [0.05, 0.1) is 24.8 Å². The summed E-state index contributed by atoms with van der Waals surface area (Å²) in [6, 6.07) is 6.54. The number of nitrogens with zero attached hydrogens (tertiary/aromatic N) is 2. The van der Waals surface area contributed by atoms with Crippen LogP contribution in [-0.4, -0.2) is 63.9 Å². The molecule has 1 aliphatic heterocycles. The summed E-state index contributed by atoms with van der Waals surface area (Å²) in [4.78, 5) is 6.86. The summed E-state index contributed by atoms with van der Waals surface area (Å²) in [5.74, 6) is 2.22. The van der Waals surface area contributed by atoms with E-state index in [0.29, 0.717) is 18.5 Å². The largest absolute Gasteiger partial charge is 0.496 e. The van der Waals surface area contributed by atoms with Gasteiger partial charge < -0.3 is 20.1 Å². The van der Waals surface area contributed by atoms with Crippen LogP contribution in [0.3, 0.4) is 0 Å². The van der Waals surface area contributed by atoms with E-state index >= 15 is 0 Å². The van der Waals surface area contributed by atoms with Crippen molar-refractivity contribution in [2.75, 3.05) is 47.0 Å². The molecule has 2 N–H and O–H groups in total. The van der Waals surface area contributed by atoms with Gasteiger partial charge in [0.15, 0.2) is 5.96 Å². The maximum Gasteiger partial charge on any atom is 0.191 e. The van der Waals surface area contributed by atoms with Crippen LogP contribution in [0.5, 0.6) is 5.75 Å². The third-order valence-corrected chi connectivity index (χ3v) is 5.28. The molecule has 2 rings (SSSR count). The molecule has 0 radical (unpaired) electrons. The molecule has 1 saturated heterocycles. The van der Waals surface area contributed by atoms with Gasteiger partial charge in [-0.15, -0.1) is 24.0 Å². The van der Waals surface area contributed by atoms with Crippen LogP contribution in [0.25, 0.3) is 0 Å². The van der Waals surface area contributed by atoms with Crippen molar-refractivity contribution in [1.29, 1.82) is 0 Å². The van der Waals surface area contributed by atoms with Gasteiger partial charge in [0.25, 0.3) is 0 Å². The van der Waals surface area contributed by atoms with E-state index in [1.54, 1.807) is 14.2 Å². The van der Waals surface area contributed by atoms with Crippen molar-refractivity contribution in [3.05, 3.63) is 28.2 Å².